The molecule has 1 saturated heterocycles. The molecule has 0 radical (unpaired) electrons. The first kappa shape index (κ1) is 21.2. The molecule has 2 heterocycles. The summed E-state index contributed by atoms with van der Waals surface area (Å²) < 4.78 is 40.9. The third-order valence-electron chi connectivity index (χ3n) is 6.35. The normalized spacial score (nSPS) is 22.5. The van der Waals surface area contributed by atoms with Crippen LogP contribution in [0.2, 0.25) is 0 Å². The Balaban J connectivity index is 1.79. The highest BCUT2D eigenvalue weighted by atomic mass is 19.4. The number of likely N-dealkylation sites (N-methyl/N-ethyl adjacent to an activating group) is 1. The van der Waals surface area contributed by atoms with Crippen molar-refractivity contribution in [3.05, 3.63) is 52.7 Å². The number of pyridine rings is 1. The lowest BCUT2D eigenvalue weighted by molar-refractivity contribution is -0.137. The van der Waals surface area contributed by atoms with Gasteiger partial charge in [-0.15, -0.1) is 0 Å². The summed E-state index contributed by atoms with van der Waals surface area (Å²) in [5, 5.41) is 9.61. The number of alkyl halides is 3. The Bertz CT molecular complexity index is 1080. The number of piperidine rings is 1. The minimum absolute atomic E-state index is 0.0213. The molecular weight excluding hydrogens is 405 g/mol. The van der Waals surface area contributed by atoms with Gasteiger partial charge in [-0.2, -0.15) is 18.4 Å². The molecule has 1 aromatic carbocycles. The Morgan fingerprint density at radius 2 is 2.00 bits per heavy atom. The molecule has 2 aromatic rings. The average molecular weight is 428 g/mol. The Kier molecular flexibility index (Phi) is 5.16. The fourth-order valence-corrected chi connectivity index (χ4v) is 4.95. The lowest BCUT2D eigenvalue weighted by Gasteiger charge is -2.38. The van der Waals surface area contributed by atoms with Crippen molar-refractivity contribution in [2.75, 3.05) is 16.8 Å². The quantitative estimate of drug-likeness (QED) is 0.716. The topological polar surface area (TPSA) is 60.2 Å². The molecule has 1 saturated carbocycles. The third kappa shape index (κ3) is 3.62. The maximum Gasteiger partial charge on any atom is 0.417 e. The standard InChI is InChI=1S/C23H23F3N4O/c1-13-5-4-6-16(9-13)29(3)22(31)20-15-7-8-17(11-15)30(20)21-18(12-27)19(23(24,25)26)10-14(2)28-21/h4-6,9-10,15,17,20H,7-8,11H2,1-3H3. The number of fused-ring (bicyclic) bond motifs is 2. The van der Waals surface area contributed by atoms with Crippen LogP contribution in [0.3, 0.4) is 0 Å². The van der Waals surface area contributed by atoms with E-state index in [0.717, 1.165) is 30.2 Å². The van der Waals surface area contributed by atoms with Gasteiger partial charge in [-0.05, 0) is 62.8 Å². The molecule has 1 aromatic heterocycles. The van der Waals surface area contributed by atoms with Crippen molar-refractivity contribution in [3.63, 3.8) is 0 Å². The van der Waals surface area contributed by atoms with E-state index in [1.54, 1.807) is 22.9 Å². The van der Waals surface area contributed by atoms with Crippen LogP contribution in [-0.4, -0.2) is 30.0 Å². The number of carbonyl (C=O) groups is 1. The fraction of sp³-hybridized carbons (Fsp3) is 0.435. The van der Waals surface area contributed by atoms with Crippen LogP contribution in [0.25, 0.3) is 0 Å². The van der Waals surface area contributed by atoms with Crippen LogP contribution >= 0.6 is 0 Å². The molecule has 2 fully saturated rings. The number of nitriles is 1. The number of anilines is 2. The molecular formula is C23H23F3N4O. The van der Waals surface area contributed by atoms with Gasteiger partial charge in [0.2, 0.25) is 5.91 Å². The Morgan fingerprint density at radius 3 is 2.65 bits per heavy atom. The Hall–Kier alpha value is -3.08. The Morgan fingerprint density at radius 1 is 1.26 bits per heavy atom. The SMILES string of the molecule is Cc1cccc(N(C)C(=O)C2C3CCC(C3)N2c2nc(C)cc(C(F)(F)F)c2C#N)c1. The molecule has 1 aliphatic carbocycles. The second kappa shape index (κ2) is 7.56. The minimum Gasteiger partial charge on any atom is -0.340 e. The van der Waals surface area contributed by atoms with Gasteiger partial charge in [0.1, 0.15) is 23.5 Å². The molecule has 8 heteroatoms. The maximum atomic E-state index is 13.6. The van der Waals surface area contributed by atoms with Crippen LogP contribution in [-0.2, 0) is 11.0 Å². The largest absolute Gasteiger partial charge is 0.417 e. The number of nitrogens with zero attached hydrogens (tertiary/aromatic N) is 4. The molecule has 4 rings (SSSR count). The molecule has 5 nitrogen and oxygen atoms in total. The maximum absolute atomic E-state index is 13.6. The van der Waals surface area contributed by atoms with E-state index < -0.39 is 23.3 Å². The van der Waals surface area contributed by atoms with Crippen molar-refractivity contribution < 1.29 is 18.0 Å². The lowest BCUT2D eigenvalue weighted by Crippen LogP contribution is -2.52. The predicted octanol–water partition coefficient (Wildman–Crippen LogP) is 4.61. The van der Waals surface area contributed by atoms with E-state index in [1.807, 2.05) is 31.2 Å². The van der Waals surface area contributed by atoms with Crippen molar-refractivity contribution in [1.82, 2.24) is 4.98 Å². The molecule has 31 heavy (non-hydrogen) atoms. The highest BCUT2D eigenvalue weighted by molar-refractivity contribution is 5.99. The summed E-state index contributed by atoms with van der Waals surface area (Å²) in [6, 6.07) is 9.37. The molecule has 2 aliphatic rings. The van der Waals surface area contributed by atoms with Crippen molar-refractivity contribution in [2.45, 2.75) is 51.4 Å². The smallest absolute Gasteiger partial charge is 0.340 e. The van der Waals surface area contributed by atoms with Gasteiger partial charge in [0.25, 0.3) is 0 Å². The predicted molar refractivity (Wildman–Crippen MR) is 111 cm³/mol. The zero-order valence-corrected chi connectivity index (χ0v) is 17.6. The van der Waals surface area contributed by atoms with Crippen molar-refractivity contribution in [3.8, 4) is 6.07 Å². The van der Waals surface area contributed by atoms with Crippen molar-refractivity contribution >= 4 is 17.4 Å². The molecule has 1 amide bonds. The number of aromatic nitrogens is 1. The first-order valence-corrected chi connectivity index (χ1v) is 10.2. The number of rotatable bonds is 3. The van der Waals surface area contributed by atoms with Gasteiger partial charge in [-0.1, -0.05) is 12.1 Å². The Labute approximate surface area is 179 Å². The highest BCUT2D eigenvalue weighted by Crippen LogP contribution is 2.47. The fourth-order valence-electron chi connectivity index (χ4n) is 4.95. The highest BCUT2D eigenvalue weighted by Gasteiger charge is 2.52. The molecule has 2 bridgehead atoms. The number of benzene rings is 1. The van der Waals surface area contributed by atoms with Gasteiger partial charge in [0.05, 0.1) is 5.56 Å². The summed E-state index contributed by atoms with van der Waals surface area (Å²) in [7, 11) is 1.68. The number of halogens is 3. The van der Waals surface area contributed by atoms with E-state index in [0.29, 0.717) is 6.42 Å². The van der Waals surface area contributed by atoms with Crippen LogP contribution in [0.4, 0.5) is 24.7 Å². The number of hydrogen-bond acceptors (Lipinski definition) is 4. The second-order valence-corrected chi connectivity index (χ2v) is 8.43. The summed E-state index contributed by atoms with van der Waals surface area (Å²) >= 11 is 0. The summed E-state index contributed by atoms with van der Waals surface area (Å²) in [5.74, 6) is -0.204. The summed E-state index contributed by atoms with van der Waals surface area (Å²) in [5.41, 5.74) is 0.382. The van der Waals surface area contributed by atoms with E-state index >= 15 is 0 Å². The molecule has 162 valence electrons. The summed E-state index contributed by atoms with van der Waals surface area (Å²) in [6.07, 6.45) is -2.37. The van der Waals surface area contributed by atoms with Crippen LogP contribution in [0.1, 0.15) is 41.6 Å². The molecule has 0 N–H and O–H groups in total. The molecule has 3 atom stereocenters. The van der Waals surface area contributed by atoms with E-state index in [1.165, 1.54) is 6.92 Å². The summed E-state index contributed by atoms with van der Waals surface area (Å²) in [4.78, 5) is 21.1. The van der Waals surface area contributed by atoms with E-state index in [9.17, 15) is 23.2 Å². The minimum atomic E-state index is -4.68. The zero-order chi connectivity index (χ0) is 22.5. The van der Waals surface area contributed by atoms with E-state index in [-0.39, 0.29) is 29.4 Å². The zero-order valence-electron chi connectivity index (χ0n) is 17.6. The van der Waals surface area contributed by atoms with Crippen LogP contribution in [0.15, 0.2) is 30.3 Å². The number of hydrogen-bond donors (Lipinski definition) is 0. The van der Waals surface area contributed by atoms with E-state index in [4.69, 9.17) is 0 Å². The van der Waals surface area contributed by atoms with Gasteiger partial charge in [-0.25, -0.2) is 4.98 Å². The summed E-state index contributed by atoms with van der Waals surface area (Å²) in [6.45, 7) is 3.41. The first-order valence-electron chi connectivity index (χ1n) is 10.2. The number of aryl methyl sites for hydroxylation is 2. The average Bonchev–Trinajstić information content (AvgIpc) is 3.33. The van der Waals surface area contributed by atoms with Gasteiger partial charge in [0, 0.05) is 24.5 Å². The van der Waals surface area contributed by atoms with Crippen LogP contribution < -0.4 is 9.80 Å². The van der Waals surface area contributed by atoms with Gasteiger partial charge in [-0.3, -0.25) is 4.79 Å². The lowest BCUT2D eigenvalue weighted by atomic mass is 9.96. The van der Waals surface area contributed by atoms with Crippen molar-refractivity contribution in [1.29, 1.82) is 5.26 Å². The number of amides is 1. The molecule has 0 spiro atoms. The molecule has 3 unspecified atom stereocenters. The van der Waals surface area contributed by atoms with Crippen molar-refractivity contribution in [2.24, 2.45) is 5.92 Å². The van der Waals surface area contributed by atoms with Crippen LogP contribution in [0.5, 0.6) is 0 Å². The van der Waals surface area contributed by atoms with Gasteiger partial charge in [0.15, 0.2) is 0 Å². The first-order chi connectivity index (χ1) is 14.6. The van der Waals surface area contributed by atoms with Gasteiger partial charge < -0.3 is 9.80 Å². The van der Waals surface area contributed by atoms with E-state index in [2.05, 4.69) is 4.98 Å². The monoisotopic (exact) mass is 428 g/mol. The third-order valence-corrected chi connectivity index (χ3v) is 6.35. The van der Waals surface area contributed by atoms with Gasteiger partial charge >= 0.3 is 6.18 Å². The van der Waals surface area contributed by atoms with Crippen LogP contribution in [0, 0.1) is 31.1 Å². The second-order valence-electron chi connectivity index (χ2n) is 8.43. The number of carbonyl (C=O) groups excluding carboxylic acids is 1. The molecule has 1 aliphatic heterocycles.